The van der Waals surface area contributed by atoms with E-state index in [4.69, 9.17) is 4.42 Å². The van der Waals surface area contributed by atoms with Crippen LogP contribution in [-0.2, 0) is 0 Å². The number of carbonyl (C=O) groups is 2. The van der Waals surface area contributed by atoms with E-state index < -0.39 is 11.9 Å². The Kier molecular flexibility index (Phi) is 3.72. The van der Waals surface area contributed by atoms with Crippen molar-refractivity contribution in [2.24, 2.45) is 5.10 Å². The number of nitrogens with zero attached hydrogens (tertiary/aromatic N) is 1. The van der Waals surface area contributed by atoms with Crippen molar-refractivity contribution >= 4 is 18.1 Å². The second kappa shape index (κ2) is 5.63. The van der Waals surface area contributed by atoms with Crippen LogP contribution in [0.15, 0.2) is 52.2 Å². The monoisotopic (exact) mass is 257 g/mol. The number of carbonyl (C=O) groups excluding carboxylic acids is 2. The van der Waals surface area contributed by atoms with E-state index in [-0.39, 0.29) is 11.3 Å². The highest BCUT2D eigenvalue weighted by Crippen LogP contribution is 2.02. The van der Waals surface area contributed by atoms with E-state index in [2.05, 4.69) is 10.5 Å². The van der Waals surface area contributed by atoms with E-state index in [0.29, 0.717) is 5.56 Å². The Bertz CT molecular complexity index is 600. The van der Waals surface area contributed by atoms with Gasteiger partial charge in [0.2, 0.25) is 0 Å². The van der Waals surface area contributed by atoms with E-state index in [1.165, 1.54) is 30.7 Å². The molecule has 0 atom stereocenters. The molecule has 0 spiro atoms. The maximum absolute atomic E-state index is 11.4. The number of rotatable bonds is 4. The number of carboxylic acids is 1. The van der Waals surface area contributed by atoms with Crippen LogP contribution in [0.2, 0.25) is 0 Å². The van der Waals surface area contributed by atoms with Gasteiger partial charge in [-0.2, -0.15) is 5.10 Å². The minimum atomic E-state index is -1.24. The molecule has 2 rings (SSSR count). The molecule has 0 fully saturated rings. The number of amides is 1. The molecule has 6 nitrogen and oxygen atoms in total. The van der Waals surface area contributed by atoms with Crippen molar-refractivity contribution in [3.63, 3.8) is 0 Å². The van der Waals surface area contributed by atoms with Gasteiger partial charge in [-0.05, 0) is 23.3 Å². The zero-order chi connectivity index (χ0) is 13.7. The molecule has 0 aliphatic carbocycles. The Hall–Kier alpha value is -2.89. The number of hydrogen-bond donors (Lipinski definition) is 1. The molecular formula is C13H9N2O4-. The summed E-state index contributed by atoms with van der Waals surface area (Å²) in [6, 6.07) is 8.99. The largest absolute Gasteiger partial charge is 0.545 e. The molecule has 1 N–H and O–H groups in total. The van der Waals surface area contributed by atoms with Crippen molar-refractivity contribution in [3.8, 4) is 0 Å². The van der Waals surface area contributed by atoms with Crippen molar-refractivity contribution in [2.75, 3.05) is 0 Å². The molecule has 0 saturated carbocycles. The summed E-state index contributed by atoms with van der Waals surface area (Å²) in [6.45, 7) is 0. The average molecular weight is 257 g/mol. The van der Waals surface area contributed by atoms with E-state index in [1.807, 2.05) is 0 Å². The quantitative estimate of drug-likeness (QED) is 0.633. The molecule has 1 aromatic heterocycles. The lowest BCUT2D eigenvalue weighted by molar-refractivity contribution is -0.255. The van der Waals surface area contributed by atoms with Crippen LogP contribution in [0.1, 0.15) is 26.5 Å². The maximum Gasteiger partial charge on any atom is 0.307 e. The van der Waals surface area contributed by atoms with Gasteiger partial charge >= 0.3 is 5.91 Å². The van der Waals surface area contributed by atoms with Gasteiger partial charge in [-0.3, -0.25) is 4.79 Å². The molecule has 1 aromatic carbocycles. The van der Waals surface area contributed by atoms with Crippen LogP contribution in [0.5, 0.6) is 0 Å². The smallest absolute Gasteiger partial charge is 0.307 e. The summed E-state index contributed by atoms with van der Waals surface area (Å²) in [6.07, 6.45) is 2.77. The lowest BCUT2D eigenvalue weighted by Crippen LogP contribution is -2.22. The van der Waals surface area contributed by atoms with Gasteiger partial charge in [-0.1, -0.05) is 24.3 Å². The van der Waals surface area contributed by atoms with E-state index in [0.717, 1.165) is 0 Å². The van der Waals surface area contributed by atoms with Gasteiger partial charge in [0.15, 0.2) is 5.76 Å². The Morgan fingerprint density at radius 1 is 1.21 bits per heavy atom. The van der Waals surface area contributed by atoms with Crippen LogP contribution in [-0.4, -0.2) is 18.1 Å². The normalized spacial score (nSPS) is 10.5. The number of carboxylic acid groups (broad SMARTS) is 1. The van der Waals surface area contributed by atoms with Crippen LogP contribution in [0.3, 0.4) is 0 Å². The highest BCUT2D eigenvalue weighted by atomic mass is 16.4. The van der Waals surface area contributed by atoms with Crippen LogP contribution in [0.25, 0.3) is 0 Å². The molecule has 0 saturated heterocycles. The minimum Gasteiger partial charge on any atom is -0.545 e. The second-order valence-corrected chi connectivity index (χ2v) is 3.59. The summed E-state index contributed by atoms with van der Waals surface area (Å²) < 4.78 is 4.88. The van der Waals surface area contributed by atoms with Gasteiger partial charge in [-0.25, -0.2) is 5.43 Å². The molecule has 19 heavy (non-hydrogen) atoms. The van der Waals surface area contributed by atoms with E-state index in [9.17, 15) is 14.7 Å². The first-order chi connectivity index (χ1) is 9.16. The first kappa shape index (κ1) is 12.6. The molecule has 0 radical (unpaired) electrons. The molecule has 0 aliphatic rings. The van der Waals surface area contributed by atoms with Crippen molar-refractivity contribution < 1.29 is 19.1 Å². The first-order valence-electron chi connectivity index (χ1n) is 5.35. The van der Waals surface area contributed by atoms with Crippen molar-refractivity contribution in [1.29, 1.82) is 0 Å². The molecule has 0 unspecified atom stereocenters. The fourth-order valence-corrected chi connectivity index (χ4v) is 1.33. The summed E-state index contributed by atoms with van der Waals surface area (Å²) in [5, 5.41) is 14.3. The van der Waals surface area contributed by atoms with Crippen molar-refractivity contribution in [2.45, 2.75) is 0 Å². The lowest BCUT2D eigenvalue weighted by Gasteiger charge is -2.01. The first-order valence-corrected chi connectivity index (χ1v) is 5.35. The van der Waals surface area contributed by atoms with Gasteiger partial charge in [0, 0.05) is 0 Å². The predicted molar refractivity (Wildman–Crippen MR) is 64.5 cm³/mol. The molecule has 0 bridgehead atoms. The fraction of sp³-hybridized carbons (Fsp3) is 0. The van der Waals surface area contributed by atoms with Crippen LogP contribution in [0, 0.1) is 0 Å². The topological polar surface area (TPSA) is 94.7 Å². The number of hydrazone groups is 1. The van der Waals surface area contributed by atoms with Crippen molar-refractivity contribution in [1.82, 2.24) is 5.43 Å². The molecule has 6 heteroatoms. The second-order valence-electron chi connectivity index (χ2n) is 3.59. The standard InChI is InChI=1S/C13H10N2O4/c16-12(11-2-1-7-19-11)15-14-8-9-3-5-10(6-4-9)13(17)18/h1-8H,(H,15,16)(H,17,18)/p-1/b14-8-. The Morgan fingerprint density at radius 3 is 2.53 bits per heavy atom. The number of benzene rings is 1. The predicted octanol–water partition coefficient (Wildman–Crippen LogP) is 0.407. The van der Waals surface area contributed by atoms with E-state index in [1.54, 1.807) is 18.2 Å². The lowest BCUT2D eigenvalue weighted by atomic mass is 10.1. The van der Waals surface area contributed by atoms with E-state index >= 15 is 0 Å². The fourth-order valence-electron chi connectivity index (χ4n) is 1.33. The zero-order valence-electron chi connectivity index (χ0n) is 9.70. The number of hydrogen-bond acceptors (Lipinski definition) is 5. The van der Waals surface area contributed by atoms with Gasteiger partial charge in [0.25, 0.3) is 0 Å². The summed E-state index contributed by atoms with van der Waals surface area (Å²) in [5.41, 5.74) is 3.00. The molecule has 1 amide bonds. The summed E-state index contributed by atoms with van der Waals surface area (Å²) in [7, 11) is 0. The number of furan rings is 1. The van der Waals surface area contributed by atoms with Gasteiger partial charge in [-0.15, -0.1) is 0 Å². The number of aromatic carboxylic acids is 1. The summed E-state index contributed by atoms with van der Waals surface area (Å²) >= 11 is 0. The highest BCUT2D eigenvalue weighted by molar-refractivity contribution is 5.92. The molecule has 96 valence electrons. The molecule has 2 aromatic rings. The maximum atomic E-state index is 11.4. The van der Waals surface area contributed by atoms with Crippen molar-refractivity contribution in [3.05, 3.63) is 59.5 Å². The Labute approximate surface area is 108 Å². The molecule has 0 aliphatic heterocycles. The van der Waals surface area contributed by atoms with Crippen LogP contribution in [0.4, 0.5) is 0 Å². The third-order valence-corrected chi connectivity index (χ3v) is 2.27. The summed E-state index contributed by atoms with van der Waals surface area (Å²) in [5.74, 6) is -1.55. The van der Waals surface area contributed by atoms with Crippen LogP contribution < -0.4 is 10.5 Å². The zero-order valence-corrected chi connectivity index (χ0v) is 9.70. The highest BCUT2D eigenvalue weighted by Gasteiger charge is 2.05. The van der Waals surface area contributed by atoms with Crippen LogP contribution >= 0.6 is 0 Å². The SMILES string of the molecule is O=C([O-])c1ccc(/C=N\NC(=O)c2ccco2)cc1. The van der Waals surface area contributed by atoms with Gasteiger partial charge < -0.3 is 14.3 Å². The summed E-state index contributed by atoms with van der Waals surface area (Å²) in [4.78, 5) is 22.0. The third kappa shape index (κ3) is 3.29. The molecular weight excluding hydrogens is 248 g/mol. The Balaban J connectivity index is 1.95. The van der Waals surface area contributed by atoms with Gasteiger partial charge in [0.05, 0.1) is 18.4 Å². The molecule has 1 heterocycles. The average Bonchev–Trinajstić information content (AvgIpc) is 2.93. The Morgan fingerprint density at radius 2 is 1.95 bits per heavy atom. The number of nitrogens with one attached hydrogen (secondary N) is 1. The minimum absolute atomic E-state index is 0.0803. The third-order valence-electron chi connectivity index (χ3n) is 2.27. The van der Waals surface area contributed by atoms with Gasteiger partial charge in [0.1, 0.15) is 0 Å².